The standard InChI is InChI=1S/C11H13N5O3S/c1-3-7-9(10(18)19)14-15-16(7)4-8(17)13-11-12-6(2)5-20-11/h5H,3-4H2,1-2H3,(H,18,19)(H,12,13,17). The molecule has 0 aliphatic carbocycles. The molecule has 2 aromatic heterocycles. The Kier molecular flexibility index (Phi) is 4.08. The summed E-state index contributed by atoms with van der Waals surface area (Å²) in [5.41, 5.74) is 1.13. The van der Waals surface area contributed by atoms with E-state index in [1.165, 1.54) is 16.0 Å². The van der Waals surface area contributed by atoms with Crippen molar-refractivity contribution in [1.29, 1.82) is 0 Å². The number of carboxylic acids is 1. The second-order valence-corrected chi connectivity index (χ2v) is 4.90. The van der Waals surface area contributed by atoms with Crippen molar-refractivity contribution in [2.24, 2.45) is 0 Å². The van der Waals surface area contributed by atoms with Crippen LogP contribution in [0.25, 0.3) is 0 Å². The van der Waals surface area contributed by atoms with Gasteiger partial charge in [0.05, 0.1) is 11.4 Å². The van der Waals surface area contributed by atoms with Gasteiger partial charge in [0.1, 0.15) is 6.54 Å². The highest BCUT2D eigenvalue weighted by molar-refractivity contribution is 7.13. The largest absolute Gasteiger partial charge is 0.476 e. The summed E-state index contributed by atoms with van der Waals surface area (Å²) in [4.78, 5) is 26.9. The number of carboxylic acid groups (broad SMARTS) is 1. The second-order valence-electron chi connectivity index (χ2n) is 4.04. The van der Waals surface area contributed by atoms with E-state index in [0.29, 0.717) is 17.2 Å². The van der Waals surface area contributed by atoms with E-state index < -0.39 is 5.97 Å². The van der Waals surface area contributed by atoms with Crippen molar-refractivity contribution in [2.75, 3.05) is 5.32 Å². The number of carbonyl (C=O) groups excluding carboxylic acids is 1. The number of hydrogen-bond donors (Lipinski definition) is 2. The molecule has 0 spiro atoms. The van der Waals surface area contributed by atoms with Gasteiger partial charge in [-0.2, -0.15) is 0 Å². The first-order valence-electron chi connectivity index (χ1n) is 5.89. The van der Waals surface area contributed by atoms with E-state index in [0.717, 1.165) is 5.69 Å². The zero-order chi connectivity index (χ0) is 14.7. The number of aromatic carboxylic acids is 1. The molecule has 2 rings (SSSR count). The predicted octanol–water partition coefficient (Wildman–Crippen LogP) is 0.942. The Morgan fingerprint density at radius 1 is 1.50 bits per heavy atom. The van der Waals surface area contributed by atoms with Crippen molar-refractivity contribution in [1.82, 2.24) is 20.0 Å². The van der Waals surface area contributed by atoms with Gasteiger partial charge in [-0.05, 0) is 13.3 Å². The molecule has 8 nitrogen and oxygen atoms in total. The highest BCUT2D eigenvalue weighted by Crippen LogP contribution is 2.14. The number of nitrogens with one attached hydrogen (secondary N) is 1. The summed E-state index contributed by atoms with van der Waals surface area (Å²) in [7, 11) is 0. The van der Waals surface area contributed by atoms with Gasteiger partial charge in [-0.1, -0.05) is 12.1 Å². The molecular weight excluding hydrogens is 282 g/mol. The Balaban J connectivity index is 2.10. The molecule has 0 aliphatic rings. The molecule has 0 fully saturated rings. The zero-order valence-corrected chi connectivity index (χ0v) is 11.8. The van der Waals surface area contributed by atoms with Crippen LogP contribution in [0.5, 0.6) is 0 Å². The summed E-state index contributed by atoms with van der Waals surface area (Å²) in [5, 5.41) is 21.2. The summed E-state index contributed by atoms with van der Waals surface area (Å²) in [6, 6.07) is 0. The van der Waals surface area contributed by atoms with Crippen molar-refractivity contribution in [3.8, 4) is 0 Å². The fourth-order valence-electron chi connectivity index (χ4n) is 1.68. The zero-order valence-electron chi connectivity index (χ0n) is 11.0. The molecule has 2 heterocycles. The molecule has 0 aliphatic heterocycles. The highest BCUT2D eigenvalue weighted by atomic mass is 32.1. The van der Waals surface area contributed by atoms with E-state index in [-0.39, 0.29) is 18.1 Å². The van der Waals surface area contributed by atoms with Crippen molar-refractivity contribution >= 4 is 28.3 Å². The molecule has 106 valence electrons. The van der Waals surface area contributed by atoms with Crippen molar-refractivity contribution < 1.29 is 14.7 Å². The molecule has 0 saturated heterocycles. The number of thiazole rings is 1. The SMILES string of the molecule is CCc1c(C(=O)O)nnn1CC(=O)Nc1nc(C)cs1. The lowest BCUT2D eigenvalue weighted by Gasteiger charge is -2.04. The first-order valence-corrected chi connectivity index (χ1v) is 6.76. The predicted molar refractivity (Wildman–Crippen MR) is 71.8 cm³/mol. The van der Waals surface area contributed by atoms with Crippen LogP contribution in [0.15, 0.2) is 5.38 Å². The minimum absolute atomic E-state index is 0.0952. The first kappa shape index (κ1) is 14.1. The van der Waals surface area contributed by atoms with Gasteiger partial charge in [-0.15, -0.1) is 16.4 Å². The van der Waals surface area contributed by atoms with Gasteiger partial charge in [0.15, 0.2) is 10.8 Å². The van der Waals surface area contributed by atoms with Crippen molar-refractivity contribution in [3.05, 3.63) is 22.5 Å². The number of hydrogen-bond acceptors (Lipinski definition) is 6. The molecule has 20 heavy (non-hydrogen) atoms. The fraction of sp³-hybridized carbons (Fsp3) is 0.364. The number of nitrogens with zero attached hydrogens (tertiary/aromatic N) is 4. The molecule has 1 amide bonds. The maximum absolute atomic E-state index is 11.9. The van der Waals surface area contributed by atoms with Crippen LogP contribution in [0.4, 0.5) is 5.13 Å². The van der Waals surface area contributed by atoms with Crippen molar-refractivity contribution in [3.63, 3.8) is 0 Å². The van der Waals surface area contributed by atoms with E-state index in [1.807, 2.05) is 12.3 Å². The number of aryl methyl sites for hydroxylation is 1. The molecule has 2 aromatic rings. The summed E-state index contributed by atoms with van der Waals surface area (Å²) in [6.07, 6.45) is 0.429. The van der Waals surface area contributed by atoms with E-state index >= 15 is 0 Å². The lowest BCUT2D eigenvalue weighted by molar-refractivity contribution is -0.117. The third-order valence-electron chi connectivity index (χ3n) is 2.53. The van der Waals surface area contributed by atoms with Crippen LogP contribution >= 0.6 is 11.3 Å². The Labute approximate surface area is 118 Å². The summed E-state index contributed by atoms with van der Waals surface area (Å²) >= 11 is 1.33. The maximum atomic E-state index is 11.9. The van der Waals surface area contributed by atoms with E-state index in [1.54, 1.807) is 6.92 Å². The smallest absolute Gasteiger partial charge is 0.358 e. The number of rotatable bonds is 5. The van der Waals surface area contributed by atoms with Crippen LogP contribution in [0.2, 0.25) is 0 Å². The van der Waals surface area contributed by atoms with Crippen molar-refractivity contribution in [2.45, 2.75) is 26.8 Å². The minimum atomic E-state index is -1.15. The minimum Gasteiger partial charge on any atom is -0.476 e. The van der Waals surface area contributed by atoms with Crippen LogP contribution in [-0.2, 0) is 17.8 Å². The van der Waals surface area contributed by atoms with Gasteiger partial charge in [-0.3, -0.25) is 4.79 Å². The molecule has 2 N–H and O–H groups in total. The number of amides is 1. The van der Waals surface area contributed by atoms with Gasteiger partial charge in [-0.25, -0.2) is 14.5 Å². The van der Waals surface area contributed by atoms with Gasteiger partial charge >= 0.3 is 5.97 Å². The lowest BCUT2D eigenvalue weighted by Crippen LogP contribution is -2.21. The molecule has 0 aromatic carbocycles. The molecule has 0 unspecified atom stereocenters. The summed E-state index contributed by atoms with van der Waals surface area (Å²) < 4.78 is 1.29. The summed E-state index contributed by atoms with van der Waals surface area (Å²) in [6.45, 7) is 3.52. The van der Waals surface area contributed by atoms with Crippen LogP contribution in [-0.4, -0.2) is 37.0 Å². The average Bonchev–Trinajstić information content (AvgIpc) is 2.95. The number of aromatic nitrogens is 4. The normalized spacial score (nSPS) is 10.5. The Morgan fingerprint density at radius 3 is 2.80 bits per heavy atom. The highest BCUT2D eigenvalue weighted by Gasteiger charge is 2.19. The van der Waals surface area contributed by atoms with E-state index in [9.17, 15) is 9.59 Å². The quantitative estimate of drug-likeness (QED) is 0.849. The Bertz CT molecular complexity index is 648. The monoisotopic (exact) mass is 295 g/mol. The molecule has 0 atom stereocenters. The van der Waals surface area contributed by atoms with Gasteiger partial charge in [0, 0.05) is 5.38 Å². The molecular formula is C11H13N5O3S. The number of anilines is 1. The second kappa shape index (κ2) is 5.78. The Morgan fingerprint density at radius 2 is 2.25 bits per heavy atom. The van der Waals surface area contributed by atoms with Gasteiger partial charge in [0.25, 0.3) is 0 Å². The summed E-state index contributed by atoms with van der Waals surface area (Å²) in [5.74, 6) is -1.47. The third kappa shape index (κ3) is 2.99. The van der Waals surface area contributed by atoms with E-state index in [2.05, 4.69) is 20.6 Å². The fourth-order valence-corrected chi connectivity index (χ4v) is 2.39. The Hall–Kier alpha value is -2.29. The molecule has 0 radical (unpaired) electrons. The van der Waals surface area contributed by atoms with Crippen LogP contribution in [0, 0.1) is 6.92 Å². The third-order valence-corrected chi connectivity index (χ3v) is 3.41. The van der Waals surface area contributed by atoms with Gasteiger partial charge in [0.2, 0.25) is 5.91 Å². The lowest BCUT2D eigenvalue weighted by atomic mass is 10.2. The van der Waals surface area contributed by atoms with Gasteiger partial charge < -0.3 is 10.4 Å². The van der Waals surface area contributed by atoms with E-state index in [4.69, 9.17) is 5.11 Å². The molecule has 9 heteroatoms. The van der Waals surface area contributed by atoms with Crippen LogP contribution in [0.1, 0.15) is 28.8 Å². The topological polar surface area (TPSA) is 110 Å². The van der Waals surface area contributed by atoms with Crippen LogP contribution < -0.4 is 5.32 Å². The molecule has 0 saturated carbocycles. The number of carbonyl (C=O) groups is 2. The maximum Gasteiger partial charge on any atom is 0.358 e. The van der Waals surface area contributed by atoms with Crippen LogP contribution in [0.3, 0.4) is 0 Å². The average molecular weight is 295 g/mol. The first-order chi connectivity index (χ1) is 9.51. The molecule has 0 bridgehead atoms.